The van der Waals surface area contributed by atoms with Gasteiger partial charge in [0, 0.05) is 11.8 Å². The van der Waals surface area contributed by atoms with E-state index in [1.165, 1.54) is 0 Å². The van der Waals surface area contributed by atoms with Gasteiger partial charge in [-0.2, -0.15) is 11.8 Å². The van der Waals surface area contributed by atoms with E-state index in [1.54, 1.807) is 37.1 Å². The normalized spacial score (nSPS) is 9.73. The number of aldehydes is 1. The largest absolute Gasteiger partial charge is 0.497 e. The zero-order chi connectivity index (χ0) is 11.1. The molecule has 0 radical (unpaired) electrons. The fourth-order valence-corrected chi connectivity index (χ4v) is 1.35. The summed E-state index contributed by atoms with van der Waals surface area (Å²) in [6, 6.07) is 5.16. The average Bonchev–Trinajstić information content (AvgIpc) is 2.29. The van der Waals surface area contributed by atoms with Crippen molar-refractivity contribution in [1.29, 1.82) is 0 Å². The highest BCUT2D eigenvalue weighted by atomic mass is 32.2. The molecule has 0 amide bonds. The summed E-state index contributed by atoms with van der Waals surface area (Å²) in [4.78, 5) is 10.7. The van der Waals surface area contributed by atoms with Crippen molar-refractivity contribution in [1.82, 2.24) is 0 Å². The molecule has 0 bridgehead atoms. The Morgan fingerprint density at radius 3 is 2.87 bits per heavy atom. The Hall–Kier alpha value is -1.16. The van der Waals surface area contributed by atoms with Crippen LogP contribution >= 0.6 is 11.8 Å². The maximum atomic E-state index is 10.7. The van der Waals surface area contributed by atoms with E-state index in [2.05, 4.69) is 0 Å². The van der Waals surface area contributed by atoms with E-state index in [-0.39, 0.29) is 0 Å². The van der Waals surface area contributed by atoms with Crippen molar-refractivity contribution >= 4 is 18.0 Å². The molecule has 0 saturated heterocycles. The Morgan fingerprint density at radius 1 is 1.47 bits per heavy atom. The molecule has 0 aromatic heterocycles. The molecule has 4 heteroatoms. The van der Waals surface area contributed by atoms with Crippen molar-refractivity contribution in [2.45, 2.75) is 0 Å². The molecule has 15 heavy (non-hydrogen) atoms. The quantitative estimate of drug-likeness (QED) is 0.550. The van der Waals surface area contributed by atoms with Crippen LogP contribution in [0, 0.1) is 0 Å². The van der Waals surface area contributed by atoms with Crippen LogP contribution in [0.15, 0.2) is 18.2 Å². The molecule has 0 aliphatic heterocycles. The number of hydrogen-bond acceptors (Lipinski definition) is 4. The first kappa shape index (κ1) is 11.9. The van der Waals surface area contributed by atoms with Crippen LogP contribution in [0.2, 0.25) is 0 Å². The molecule has 0 aliphatic rings. The van der Waals surface area contributed by atoms with Gasteiger partial charge >= 0.3 is 0 Å². The summed E-state index contributed by atoms with van der Waals surface area (Å²) in [6.07, 6.45) is 2.80. The number of carbonyl (C=O) groups excluding carboxylic acids is 1. The van der Waals surface area contributed by atoms with Gasteiger partial charge in [0.15, 0.2) is 6.29 Å². The van der Waals surface area contributed by atoms with Gasteiger partial charge in [-0.05, 0) is 18.4 Å². The van der Waals surface area contributed by atoms with E-state index in [0.29, 0.717) is 23.7 Å². The molecule has 1 rings (SSSR count). The molecular weight excluding hydrogens is 212 g/mol. The summed E-state index contributed by atoms with van der Waals surface area (Å²) in [5.41, 5.74) is 0.553. The van der Waals surface area contributed by atoms with Crippen molar-refractivity contribution in [3.63, 3.8) is 0 Å². The molecule has 0 aliphatic carbocycles. The topological polar surface area (TPSA) is 35.5 Å². The van der Waals surface area contributed by atoms with Crippen LogP contribution < -0.4 is 9.47 Å². The summed E-state index contributed by atoms with van der Waals surface area (Å²) >= 11 is 1.70. The molecule has 1 aromatic rings. The second-order valence-electron chi connectivity index (χ2n) is 2.86. The number of thioether (sulfide) groups is 1. The van der Waals surface area contributed by atoms with Crippen LogP contribution in [-0.4, -0.2) is 32.0 Å². The van der Waals surface area contributed by atoms with Gasteiger partial charge in [0.25, 0.3) is 0 Å². The smallest absolute Gasteiger partial charge is 0.153 e. The van der Waals surface area contributed by atoms with Crippen LogP contribution in [0.3, 0.4) is 0 Å². The van der Waals surface area contributed by atoms with Crippen molar-refractivity contribution in [2.24, 2.45) is 0 Å². The highest BCUT2D eigenvalue weighted by molar-refractivity contribution is 7.98. The standard InChI is InChI=1S/C11H14O3S/c1-13-10-4-3-9(8-12)11(7-10)14-5-6-15-2/h3-4,7-8H,5-6H2,1-2H3. The van der Waals surface area contributed by atoms with Gasteiger partial charge in [-0.3, -0.25) is 4.79 Å². The lowest BCUT2D eigenvalue weighted by Gasteiger charge is -2.09. The predicted molar refractivity (Wildman–Crippen MR) is 62.3 cm³/mol. The molecule has 1 aromatic carbocycles. The highest BCUT2D eigenvalue weighted by Crippen LogP contribution is 2.23. The first-order chi connectivity index (χ1) is 7.31. The highest BCUT2D eigenvalue weighted by Gasteiger charge is 2.04. The van der Waals surface area contributed by atoms with E-state index in [4.69, 9.17) is 9.47 Å². The summed E-state index contributed by atoms with van der Waals surface area (Å²) in [6.45, 7) is 0.592. The van der Waals surface area contributed by atoms with Crippen LogP contribution in [0.25, 0.3) is 0 Å². The molecule has 3 nitrogen and oxygen atoms in total. The number of benzene rings is 1. The third-order valence-corrected chi connectivity index (χ3v) is 2.47. The zero-order valence-electron chi connectivity index (χ0n) is 8.86. The molecule has 82 valence electrons. The second kappa shape index (κ2) is 6.35. The number of ether oxygens (including phenoxy) is 2. The third kappa shape index (κ3) is 3.47. The number of methoxy groups -OCH3 is 1. The fraction of sp³-hybridized carbons (Fsp3) is 0.364. The second-order valence-corrected chi connectivity index (χ2v) is 3.85. The van der Waals surface area contributed by atoms with Crippen LogP contribution in [0.5, 0.6) is 11.5 Å². The zero-order valence-corrected chi connectivity index (χ0v) is 9.67. The molecule has 0 atom stereocenters. The fourth-order valence-electron chi connectivity index (χ4n) is 1.10. The lowest BCUT2D eigenvalue weighted by atomic mass is 10.2. The van der Waals surface area contributed by atoms with E-state index < -0.39 is 0 Å². The van der Waals surface area contributed by atoms with Gasteiger partial charge in [-0.1, -0.05) is 0 Å². The van der Waals surface area contributed by atoms with Gasteiger partial charge in [0.05, 0.1) is 19.3 Å². The van der Waals surface area contributed by atoms with E-state index >= 15 is 0 Å². The summed E-state index contributed by atoms with van der Waals surface area (Å²) in [5, 5.41) is 0. The van der Waals surface area contributed by atoms with Crippen LogP contribution in [-0.2, 0) is 0 Å². The minimum absolute atomic E-state index is 0.553. The molecule has 0 heterocycles. The molecule has 0 N–H and O–H groups in total. The minimum atomic E-state index is 0.553. The van der Waals surface area contributed by atoms with Gasteiger partial charge < -0.3 is 9.47 Å². The van der Waals surface area contributed by atoms with E-state index in [9.17, 15) is 4.79 Å². The summed E-state index contributed by atoms with van der Waals surface area (Å²) in [5.74, 6) is 2.17. The molecular formula is C11H14O3S. The summed E-state index contributed by atoms with van der Waals surface area (Å²) in [7, 11) is 1.58. The van der Waals surface area contributed by atoms with Gasteiger partial charge in [-0.15, -0.1) is 0 Å². The third-order valence-electron chi connectivity index (χ3n) is 1.89. The maximum absolute atomic E-state index is 10.7. The Bertz CT molecular complexity index is 326. The Labute approximate surface area is 93.8 Å². The lowest BCUT2D eigenvalue weighted by molar-refractivity contribution is 0.112. The minimum Gasteiger partial charge on any atom is -0.497 e. The van der Waals surface area contributed by atoms with Gasteiger partial charge in [-0.25, -0.2) is 0 Å². The van der Waals surface area contributed by atoms with E-state index in [1.807, 2.05) is 6.26 Å². The van der Waals surface area contributed by atoms with Crippen LogP contribution in [0.4, 0.5) is 0 Å². The lowest BCUT2D eigenvalue weighted by Crippen LogP contribution is -2.02. The van der Waals surface area contributed by atoms with Crippen LogP contribution in [0.1, 0.15) is 10.4 Å². The van der Waals surface area contributed by atoms with Gasteiger partial charge in [0.2, 0.25) is 0 Å². The molecule has 0 fully saturated rings. The SMILES string of the molecule is COc1ccc(C=O)c(OCCSC)c1. The Morgan fingerprint density at radius 2 is 2.27 bits per heavy atom. The van der Waals surface area contributed by atoms with E-state index in [0.717, 1.165) is 12.0 Å². The number of hydrogen-bond donors (Lipinski definition) is 0. The molecule has 0 saturated carbocycles. The molecule has 0 unspecified atom stereocenters. The van der Waals surface area contributed by atoms with Crippen molar-refractivity contribution in [2.75, 3.05) is 25.7 Å². The van der Waals surface area contributed by atoms with Gasteiger partial charge in [0.1, 0.15) is 11.5 Å². The maximum Gasteiger partial charge on any atom is 0.153 e. The number of rotatable bonds is 6. The van der Waals surface area contributed by atoms with Crippen molar-refractivity contribution < 1.29 is 14.3 Å². The Balaban J connectivity index is 2.76. The monoisotopic (exact) mass is 226 g/mol. The average molecular weight is 226 g/mol. The number of carbonyl (C=O) groups is 1. The first-order valence-electron chi connectivity index (χ1n) is 4.56. The summed E-state index contributed by atoms with van der Waals surface area (Å²) < 4.78 is 10.5. The van der Waals surface area contributed by atoms with Crippen molar-refractivity contribution in [3.8, 4) is 11.5 Å². The first-order valence-corrected chi connectivity index (χ1v) is 5.96. The van der Waals surface area contributed by atoms with Crippen molar-refractivity contribution in [3.05, 3.63) is 23.8 Å². The molecule has 0 spiro atoms. The predicted octanol–water partition coefficient (Wildman–Crippen LogP) is 2.25. The Kier molecular flexibility index (Phi) is 5.04.